The van der Waals surface area contributed by atoms with Crippen LogP contribution in [-0.2, 0) is 16.0 Å². The molecule has 0 aliphatic carbocycles. The smallest absolute Gasteiger partial charge is 0.224 e. The first kappa shape index (κ1) is 17.6. The Hall–Kier alpha value is -1.75. The molecule has 2 N–H and O–H groups in total. The number of phenolic OH excluding ortho intramolecular Hbond substituents is 1. The highest BCUT2D eigenvalue weighted by atomic mass is 35.5. The number of nitrogens with zero attached hydrogens (tertiary/aromatic N) is 1. The van der Waals surface area contributed by atoms with Gasteiger partial charge < -0.3 is 15.3 Å². The molecular weight excluding hydrogens is 316 g/mol. The van der Waals surface area contributed by atoms with Crippen molar-refractivity contribution >= 4 is 23.4 Å². The molecule has 1 aromatic carbocycles. The first-order valence-electron chi connectivity index (χ1n) is 7.68. The second-order valence-electron chi connectivity index (χ2n) is 7.27. The Morgan fingerprint density at radius 1 is 1.43 bits per heavy atom. The molecule has 0 saturated carbocycles. The number of hydrogen-bond donors (Lipinski definition) is 2. The van der Waals surface area contributed by atoms with Crippen LogP contribution in [0.2, 0.25) is 5.02 Å². The van der Waals surface area contributed by atoms with Gasteiger partial charge in [0, 0.05) is 19.5 Å². The van der Waals surface area contributed by atoms with Gasteiger partial charge in [0.05, 0.1) is 17.5 Å². The fraction of sp³-hybridized carbons (Fsp3) is 0.529. The number of halogens is 1. The molecule has 126 valence electrons. The summed E-state index contributed by atoms with van der Waals surface area (Å²) >= 11 is 5.83. The van der Waals surface area contributed by atoms with Gasteiger partial charge in [0.2, 0.25) is 11.8 Å². The maximum Gasteiger partial charge on any atom is 0.224 e. The van der Waals surface area contributed by atoms with E-state index in [2.05, 4.69) is 26.1 Å². The van der Waals surface area contributed by atoms with Gasteiger partial charge in [-0.1, -0.05) is 38.4 Å². The lowest BCUT2D eigenvalue weighted by Gasteiger charge is -2.26. The Bertz CT molecular complexity index is 610. The number of rotatable bonds is 4. The van der Waals surface area contributed by atoms with Gasteiger partial charge in [-0.3, -0.25) is 9.59 Å². The van der Waals surface area contributed by atoms with Gasteiger partial charge >= 0.3 is 0 Å². The molecule has 1 atom stereocenters. The number of likely N-dealkylation sites (tertiary alicyclic amines) is 1. The van der Waals surface area contributed by atoms with Gasteiger partial charge in [-0.15, -0.1) is 0 Å². The fourth-order valence-electron chi connectivity index (χ4n) is 2.72. The lowest BCUT2D eigenvalue weighted by atomic mass is 9.96. The maximum absolute atomic E-state index is 12.1. The van der Waals surface area contributed by atoms with Crippen molar-refractivity contribution < 1.29 is 14.7 Å². The number of carbonyl (C=O) groups is 2. The summed E-state index contributed by atoms with van der Waals surface area (Å²) in [5, 5.41) is 12.5. The van der Waals surface area contributed by atoms with Crippen molar-refractivity contribution in [3.63, 3.8) is 0 Å². The lowest BCUT2D eigenvalue weighted by Crippen LogP contribution is -2.39. The molecule has 0 aromatic heterocycles. The molecule has 2 rings (SSSR count). The third kappa shape index (κ3) is 5.13. The summed E-state index contributed by atoms with van der Waals surface area (Å²) < 4.78 is 0. The van der Waals surface area contributed by atoms with Crippen LogP contribution in [0.25, 0.3) is 0 Å². The summed E-state index contributed by atoms with van der Waals surface area (Å²) in [7, 11) is 0. The molecule has 1 heterocycles. The number of carbonyl (C=O) groups excluding carboxylic acids is 2. The number of phenols is 1. The fourth-order valence-corrected chi connectivity index (χ4v) is 2.92. The van der Waals surface area contributed by atoms with Gasteiger partial charge in [-0.2, -0.15) is 0 Å². The van der Waals surface area contributed by atoms with Gasteiger partial charge in [-0.05, 0) is 23.1 Å². The molecule has 1 aliphatic rings. The molecule has 1 fully saturated rings. The van der Waals surface area contributed by atoms with Crippen LogP contribution in [0.4, 0.5) is 0 Å². The zero-order valence-corrected chi connectivity index (χ0v) is 14.5. The van der Waals surface area contributed by atoms with Crippen LogP contribution in [0, 0.1) is 5.41 Å². The van der Waals surface area contributed by atoms with Crippen LogP contribution in [-0.4, -0.2) is 41.0 Å². The molecule has 0 spiro atoms. The first-order chi connectivity index (χ1) is 10.6. The predicted molar refractivity (Wildman–Crippen MR) is 89.4 cm³/mol. The summed E-state index contributed by atoms with van der Waals surface area (Å²) in [6.07, 6.45) is 0.516. The first-order valence-corrected chi connectivity index (χ1v) is 8.06. The third-order valence-corrected chi connectivity index (χ3v) is 3.92. The average Bonchev–Trinajstić information content (AvgIpc) is 2.71. The summed E-state index contributed by atoms with van der Waals surface area (Å²) in [6.45, 7) is 7.49. The highest BCUT2D eigenvalue weighted by Crippen LogP contribution is 2.24. The molecule has 1 aliphatic heterocycles. The molecule has 2 amide bonds. The quantitative estimate of drug-likeness (QED) is 0.885. The highest BCUT2D eigenvalue weighted by molar-refractivity contribution is 6.32. The van der Waals surface area contributed by atoms with E-state index in [9.17, 15) is 14.7 Å². The minimum atomic E-state index is -0.151. The molecular formula is C17H23ClN2O3. The molecule has 23 heavy (non-hydrogen) atoms. The van der Waals surface area contributed by atoms with E-state index in [-0.39, 0.29) is 40.5 Å². The molecule has 5 nitrogen and oxygen atoms in total. The van der Waals surface area contributed by atoms with Crippen molar-refractivity contribution in [2.24, 2.45) is 5.41 Å². The van der Waals surface area contributed by atoms with E-state index in [4.69, 9.17) is 11.6 Å². The van der Waals surface area contributed by atoms with E-state index in [1.807, 2.05) is 4.90 Å². The molecule has 1 aromatic rings. The Labute approximate surface area is 141 Å². The second-order valence-corrected chi connectivity index (χ2v) is 7.67. The van der Waals surface area contributed by atoms with Crippen LogP contribution < -0.4 is 5.32 Å². The van der Waals surface area contributed by atoms with Gasteiger partial charge in [0.1, 0.15) is 5.75 Å². The number of amides is 2. The van der Waals surface area contributed by atoms with Crippen molar-refractivity contribution in [2.45, 2.75) is 39.7 Å². The predicted octanol–water partition coefficient (Wildman–Crippen LogP) is 2.35. The summed E-state index contributed by atoms with van der Waals surface area (Å²) in [5.41, 5.74) is 0.762. The molecule has 0 radical (unpaired) electrons. The van der Waals surface area contributed by atoms with E-state index >= 15 is 0 Å². The van der Waals surface area contributed by atoms with Gasteiger partial charge in [0.25, 0.3) is 0 Å². The maximum atomic E-state index is 12.1. The normalized spacial score (nSPS) is 18.3. The molecule has 0 bridgehead atoms. The standard InChI is InChI=1S/C17H23ClN2O3/c1-17(2,3)10-20-9-12(8-16(20)23)19-15(22)7-11-4-5-14(21)13(18)6-11/h4-6,12,21H,7-10H2,1-3H3,(H,19,22). The van der Waals surface area contributed by atoms with Gasteiger partial charge in [-0.25, -0.2) is 0 Å². The zero-order valence-electron chi connectivity index (χ0n) is 13.7. The molecule has 6 heteroatoms. The number of benzene rings is 1. The minimum absolute atomic E-state index is 0.00460. The Balaban J connectivity index is 1.88. The SMILES string of the molecule is CC(C)(C)CN1CC(NC(=O)Cc2ccc(O)c(Cl)c2)CC1=O. The monoisotopic (exact) mass is 338 g/mol. The molecule has 1 unspecified atom stereocenters. The third-order valence-electron chi connectivity index (χ3n) is 3.62. The largest absolute Gasteiger partial charge is 0.506 e. The topological polar surface area (TPSA) is 69.6 Å². The number of hydrogen-bond acceptors (Lipinski definition) is 3. The summed E-state index contributed by atoms with van der Waals surface area (Å²) in [6, 6.07) is 4.55. The van der Waals surface area contributed by atoms with E-state index < -0.39 is 0 Å². The van der Waals surface area contributed by atoms with E-state index in [0.717, 1.165) is 5.56 Å². The Morgan fingerprint density at radius 3 is 2.74 bits per heavy atom. The van der Waals surface area contributed by atoms with Crippen LogP contribution in [0.3, 0.4) is 0 Å². The van der Waals surface area contributed by atoms with E-state index in [1.54, 1.807) is 12.1 Å². The van der Waals surface area contributed by atoms with Crippen LogP contribution in [0.5, 0.6) is 5.75 Å². The lowest BCUT2D eigenvalue weighted by molar-refractivity contribution is -0.128. The van der Waals surface area contributed by atoms with E-state index in [1.165, 1.54) is 6.07 Å². The zero-order chi connectivity index (χ0) is 17.2. The second kappa shape index (κ2) is 6.79. The van der Waals surface area contributed by atoms with Crippen molar-refractivity contribution in [2.75, 3.05) is 13.1 Å². The minimum Gasteiger partial charge on any atom is -0.506 e. The van der Waals surface area contributed by atoms with Crippen molar-refractivity contribution in [3.05, 3.63) is 28.8 Å². The highest BCUT2D eigenvalue weighted by Gasteiger charge is 2.32. The van der Waals surface area contributed by atoms with Crippen molar-refractivity contribution in [1.29, 1.82) is 0 Å². The van der Waals surface area contributed by atoms with Crippen LogP contribution >= 0.6 is 11.6 Å². The Kier molecular flexibility index (Phi) is 5.19. The summed E-state index contributed by atoms with van der Waals surface area (Å²) in [5.74, 6) is -0.0740. The molecule has 1 saturated heterocycles. The number of nitrogens with one attached hydrogen (secondary N) is 1. The average molecular weight is 339 g/mol. The van der Waals surface area contributed by atoms with Crippen LogP contribution in [0.1, 0.15) is 32.8 Å². The van der Waals surface area contributed by atoms with Crippen molar-refractivity contribution in [1.82, 2.24) is 10.2 Å². The Morgan fingerprint density at radius 2 is 2.13 bits per heavy atom. The van der Waals surface area contributed by atoms with Crippen LogP contribution in [0.15, 0.2) is 18.2 Å². The van der Waals surface area contributed by atoms with E-state index in [0.29, 0.717) is 19.5 Å². The number of aromatic hydroxyl groups is 1. The van der Waals surface area contributed by atoms with Gasteiger partial charge in [0.15, 0.2) is 0 Å². The van der Waals surface area contributed by atoms with Crippen molar-refractivity contribution in [3.8, 4) is 5.75 Å². The summed E-state index contributed by atoms with van der Waals surface area (Å²) in [4.78, 5) is 25.9.